The number of likely N-dealkylation sites (N-methyl/N-ethyl adjacent to an activating group) is 1. The molecule has 0 saturated carbocycles. The van der Waals surface area contributed by atoms with Gasteiger partial charge in [0, 0.05) is 13.0 Å². The van der Waals surface area contributed by atoms with Gasteiger partial charge in [-0.15, -0.1) is 0 Å². The third-order valence-corrected chi connectivity index (χ3v) is 11.4. The smallest absolute Gasteiger partial charge is 0.306 e. The van der Waals surface area contributed by atoms with Crippen molar-refractivity contribution in [3.8, 4) is 0 Å². The lowest BCUT2D eigenvalue weighted by molar-refractivity contribution is -0.870. The Balaban J connectivity index is 4.05. The predicted octanol–water partition coefficient (Wildman–Crippen LogP) is 13.9. The molecule has 0 aliphatic heterocycles. The van der Waals surface area contributed by atoms with E-state index in [1.165, 1.54) is 154 Å². The van der Waals surface area contributed by atoms with Crippen molar-refractivity contribution in [3.05, 3.63) is 36.5 Å². The van der Waals surface area contributed by atoms with Crippen molar-refractivity contribution in [1.82, 2.24) is 0 Å². The van der Waals surface area contributed by atoms with Crippen LogP contribution in [-0.2, 0) is 27.9 Å². The predicted molar refractivity (Wildman–Crippen MR) is 245 cm³/mol. The molecule has 0 rings (SSSR count). The summed E-state index contributed by atoms with van der Waals surface area (Å²) in [4.78, 5) is 25.1. The highest BCUT2D eigenvalue weighted by Gasteiger charge is 2.20. The monoisotopic (exact) mass is 840 g/mol. The number of hydrogen-bond acceptors (Lipinski definition) is 7. The molecule has 0 radical (unpaired) electrons. The Bertz CT molecular complexity index is 1020. The number of hydrogen-bond donors (Lipinski definition) is 0. The van der Waals surface area contributed by atoms with Crippen molar-refractivity contribution in [2.45, 2.75) is 219 Å². The van der Waals surface area contributed by atoms with E-state index in [2.05, 4.69) is 50.3 Å². The van der Waals surface area contributed by atoms with Gasteiger partial charge < -0.3 is 27.9 Å². The molecule has 0 spiro atoms. The normalized spacial score (nSPS) is 14.0. The largest absolute Gasteiger partial charge is 0.756 e. The molecule has 8 nitrogen and oxygen atoms in total. The van der Waals surface area contributed by atoms with Crippen LogP contribution in [0.3, 0.4) is 0 Å². The topological polar surface area (TPSA) is 94.1 Å². The number of ether oxygens (including phenoxy) is 2. The second-order valence-corrected chi connectivity index (χ2v) is 18.9. The Morgan fingerprint density at radius 3 is 1.48 bits per heavy atom. The average molecular weight is 840 g/mol. The highest BCUT2D eigenvalue weighted by molar-refractivity contribution is 7.45. The van der Waals surface area contributed by atoms with E-state index < -0.39 is 13.9 Å². The van der Waals surface area contributed by atoms with Crippen molar-refractivity contribution in [2.24, 2.45) is 0 Å². The van der Waals surface area contributed by atoms with Crippen molar-refractivity contribution in [3.63, 3.8) is 0 Å². The summed E-state index contributed by atoms with van der Waals surface area (Å²) in [6.45, 7) is 5.35. The molecule has 58 heavy (non-hydrogen) atoms. The maximum atomic E-state index is 12.7. The van der Waals surface area contributed by atoms with Gasteiger partial charge in [0.2, 0.25) is 0 Å². The molecule has 2 unspecified atom stereocenters. The number of quaternary nitrogens is 1. The number of phosphoric ester groups is 1. The highest BCUT2D eigenvalue weighted by Crippen LogP contribution is 2.38. The van der Waals surface area contributed by atoms with Crippen molar-refractivity contribution in [1.29, 1.82) is 0 Å². The number of phosphoric acid groups is 1. The van der Waals surface area contributed by atoms with E-state index in [9.17, 15) is 14.3 Å². The fourth-order valence-electron chi connectivity index (χ4n) is 6.64. The quantitative estimate of drug-likeness (QED) is 0.0198. The van der Waals surface area contributed by atoms with E-state index in [1.807, 2.05) is 21.1 Å². The Hall–Kier alpha value is -1.28. The van der Waals surface area contributed by atoms with Gasteiger partial charge in [-0.1, -0.05) is 179 Å². The highest BCUT2D eigenvalue weighted by atomic mass is 31.2. The van der Waals surface area contributed by atoms with Crippen molar-refractivity contribution in [2.75, 3.05) is 54.1 Å². The van der Waals surface area contributed by atoms with Crippen LogP contribution < -0.4 is 4.89 Å². The molecule has 0 aliphatic carbocycles. The molecule has 0 aromatic carbocycles. The van der Waals surface area contributed by atoms with Gasteiger partial charge >= 0.3 is 5.97 Å². The molecule has 0 aliphatic rings. The molecule has 0 amide bonds. The standard InChI is InChI=1S/C49H94NO7P/c1-6-8-10-12-14-16-18-19-20-21-22-23-24-25-26-27-28-29-30-31-32-34-36-38-40-42-49(51)57-48(47-56-58(52,53)55-45-43-50(3,4)5)46-54-44-41-39-37-35-33-17-15-13-11-9-7-2/h11,13,18-19,21-22,48H,6-10,12,14-17,20,23-47H2,1-5H3/b13-11-,19-18-,22-21-. The zero-order chi connectivity index (χ0) is 42.7. The lowest BCUT2D eigenvalue weighted by Crippen LogP contribution is -2.37. The fraction of sp³-hybridized carbons (Fsp3) is 0.857. The second kappa shape index (κ2) is 42.4. The number of nitrogens with zero attached hydrogens (tertiary/aromatic N) is 1. The van der Waals surface area contributed by atoms with Gasteiger partial charge in [-0.3, -0.25) is 9.36 Å². The number of allylic oxidation sites excluding steroid dienone is 6. The van der Waals surface area contributed by atoms with Gasteiger partial charge in [-0.05, 0) is 64.2 Å². The second-order valence-electron chi connectivity index (χ2n) is 17.5. The van der Waals surface area contributed by atoms with E-state index in [1.54, 1.807) is 0 Å². The molecule has 9 heteroatoms. The molecule has 0 fully saturated rings. The third kappa shape index (κ3) is 45.8. The van der Waals surface area contributed by atoms with Crippen LogP contribution in [0.4, 0.5) is 0 Å². The number of esters is 1. The molecular formula is C49H94NO7P. The molecule has 0 aromatic heterocycles. The van der Waals surface area contributed by atoms with E-state index in [4.69, 9.17) is 18.5 Å². The summed E-state index contributed by atoms with van der Waals surface area (Å²) in [7, 11) is 1.35. The molecule has 0 saturated heterocycles. The first-order valence-electron chi connectivity index (χ1n) is 24.2. The lowest BCUT2D eigenvalue weighted by atomic mass is 10.0. The van der Waals surface area contributed by atoms with Crippen LogP contribution in [0.25, 0.3) is 0 Å². The van der Waals surface area contributed by atoms with Crippen LogP contribution in [-0.4, -0.2) is 70.7 Å². The minimum atomic E-state index is -4.52. The molecule has 0 bridgehead atoms. The Morgan fingerprint density at radius 1 is 0.534 bits per heavy atom. The van der Waals surface area contributed by atoms with E-state index in [0.717, 1.165) is 38.5 Å². The van der Waals surface area contributed by atoms with Crippen LogP contribution in [0.5, 0.6) is 0 Å². The summed E-state index contributed by atoms with van der Waals surface area (Å²) >= 11 is 0. The summed E-state index contributed by atoms with van der Waals surface area (Å²) in [5.41, 5.74) is 0. The van der Waals surface area contributed by atoms with Gasteiger partial charge in [-0.25, -0.2) is 0 Å². The van der Waals surface area contributed by atoms with Gasteiger partial charge in [-0.2, -0.15) is 0 Å². The molecule has 0 N–H and O–H groups in total. The van der Waals surface area contributed by atoms with E-state index in [0.29, 0.717) is 24.1 Å². The molecule has 2 atom stereocenters. The lowest BCUT2D eigenvalue weighted by Gasteiger charge is -2.28. The first-order chi connectivity index (χ1) is 28.1. The Kier molecular flexibility index (Phi) is 41.5. The minimum absolute atomic E-state index is 0.0252. The van der Waals surface area contributed by atoms with Crippen LogP contribution in [0.1, 0.15) is 213 Å². The van der Waals surface area contributed by atoms with Crippen molar-refractivity contribution >= 4 is 13.8 Å². The minimum Gasteiger partial charge on any atom is -0.756 e. The van der Waals surface area contributed by atoms with E-state index in [-0.39, 0.29) is 25.8 Å². The van der Waals surface area contributed by atoms with Crippen molar-refractivity contribution < 1.29 is 37.3 Å². The van der Waals surface area contributed by atoms with Gasteiger partial charge in [0.05, 0.1) is 34.4 Å². The van der Waals surface area contributed by atoms with Gasteiger partial charge in [0.25, 0.3) is 7.82 Å². The summed E-state index contributed by atoms with van der Waals surface area (Å²) in [6.07, 6.45) is 50.3. The fourth-order valence-corrected chi connectivity index (χ4v) is 7.37. The number of carbonyl (C=O) groups excluding carboxylic acids is 1. The Morgan fingerprint density at radius 2 is 0.983 bits per heavy atom. The summed E-state index contributed by atoms with van der Waals surface area (Å²) in [6, 6.07) is 0. The number of carbonyl (C=O) groups is 1. The van der Waals surface area contributed by atoms with Gasteiger partial charge in [0.15, 0.2) is 0 Å². The van der Waals surface area contributed by atoms with Crippen LogP contribution in [0.15, 0.2) is 36.5 Å². The first-order valence-corrected chi connectivity index (χ1v) is 25.7. The molecular weight excluding hydrogens is 746 g/mol. The zero-order valence-corrected chi connectivity index (χ0v) is 39.6. The van der Waals surface area contributed by atoms with Crippen LogP contribution in [0.2, 0.25) is 0 Å². The zero-order valence-electron chi connectivity index (χ0n) is 38.7. The van der Waals surface area contributed by atoms with Gasteiger partial charge in [0.1, 0.15) is 19.3 Å². The molecule has 0 aromatic rings. The average Bonchev–Trinajstić information content (AvgIpc) is 3.18. The summed E-state index contributed by atoms with van der Waals surface area (Å²) < 4.78 is 34.6. The van der Waals surface area contributed by atoms with Crippen LogP contribution in [0, 0.1) is 0 Å². The number of unbranched alkanes of at least 4 members (excludes halogenated alkanes) is 25. The maximum absolute atomic E-state index is 12.7. The first kappa shape index (κ1) is 56.7. The summed E-state index contributed by atoms with van der Waals surface area (Å²) in [5.74, 6) is -0.337. The number of rotatable bonds is 45. The third-order valence-electron chi connectivity index (χ3n) is 10.4. The SMILES string of the molecule is CCC/C=C\CCCCCCCCOCC(COP(=O)([O-])OCC[N+](C)(C)C)OC(=O)CCCCCCCCCCCCCCC/C=C\C/C=C\CCCCCCC. The molecule has 0 heterocycles. The maximum Gasteiger partial charge on any atom is 0.306 e. The summed E-state index contributed by atoms with van der Waals surface area (Å²) in [5, 5.41) is 0. The van der Waals surface area contributed by atoms with Crippen LogP contribution >= 0.6 is 7.82 Å². The Labute approximate surface area is 359 Å². The van der Waals surface area contributed by atoms with E-state index >= 15 is 0 Å². The molecule has 342 valence electrons.